The number of fused-ring (bicyclic) bond motifs is 1. The lowest BCUT2D eigenvalue weighted by Crippen LogP contribution is -2.53. The van der Waals surface area contributed by atoms with Crippen molar-refractivity contribution in [3.63, 3.8) is 0 Å². The first-order valence-electron chi connectivity index (χ1n) is 10.5. The lowest BCUT2D eigenvalue weighted by molar-refractivity contribution is -0.126. The SMILES string of the molecule is CC(C)C1C(=O)NC(O)Cc2cc(NC(=O)/C=C/C=C/c3ccc(O)cc3)ccc2N1C. The topological polar surface area (TPSA) is 102 Å². The standard InChI is InChI=1S/C25H29N3O4/c1-16(2)24-25(32)27-23(31)15-18-14-19(10-13-21(18)28(24)3)26-22(30)7-5-4-6-17-8-11-20(29)12-9-17/h4-14,16,23-24,29,31H,15H2,1-3H3,(H,26,30)(H,27,32)/b6-4+,7-5+. The predicted octanol–water partition coefficient (Wildman–Crippen LogP) is 3.05. The Morgan fingerprint density at radius 3 is 2.59 bits per heavy atom. The molecule has 0 saturated carbocycles. The van der Waals surface area contributed by atoms with Crippen LogP contribution >= 0.6 is 0 Å². The van der Waals surface area contributed by atoms with E-state index in [0.717, 1.165) is 16.8 Å². The molecule has 32 heavy (non-hydrogen) atoms. The number of aromatic hydroxyl groups is 1. The molecule has 1 aliphatic rings. The van der Waals surface area contributed by atoms with Gasteiger partial charge in [0.25, 0.3) is 0 Å². The number of hydrogen-bond donors (Lipinski definition) is 4. The van der Waals surface area contributed by atoms with Gasteiger partial charge in [-0.15, -0.1) is 0 Å². The molecule has 4 N–H and O–H groups in total. The highest BCUT2D eigenvalue weighted by Gasteiger charge is 2.31. The second-order valence-corrected chi connectivity index (χ2v) is 8.17. The number of carbonyl (C=O) groups is 2. The molecule has 0 radical (unpaired) electrons. The van der Waals surface area contributed by atoms with Gasteiger partial charge in [0.2, 0.25) is 11.8 Å². The van der Waals surface area contributed by atoms with Crippen molar-refractivity contribution in [2.45, 2.75) is 32.5 Å². The number of anilines is 2. The quantitative estimate of drug-likeness (QED) is 0.427. The maximum Gasteiger partial charge on any atom is 0.248 e. The predicted molar refractivity (Wildman–Crippen MR) is 126 cm³/mol. The number of rotatable bonds is 5. The largest absolute Gasteiger partial charge is 0.508 e. The van der Waals surface area contributed by atoms with Crippen LogP contribution in [-0.4, -0.2) is 41.3 Å². The van der Waals surface area contributed by atoms with Crippen LogP contribution in [0.5, 0.6) is 5.75 Å². The molecular formula is C25H29N3O4. The van der Waals surface area contributed by atoms with Crippen LogP contribution in [0.3, 0.4) is 0 Å². The molecule has 7 heteroatoms. The van der Waals surface area contributed by atoms with E-state index in [2.05, 4.69) is 10.6 Å². The summed E-state index contributed by atoms with van der Waals surface area (Å²) in [4.78, 5) is 26.7. The number of benzene rings is 2. The van der Waals surface area contributed by atoms with Crippen molar-refractivity contribution < 1.29 is 19.8 Å². The Balaban J connectivity index is 1.71. The van der Waals surface area contributed by atoms with Crippen LogP contribution in [0.25, 0.3) is 6.08 Å². The van der Waals surface area contributed by atoms with Crippen LogP contribution in [0.2, 0.25) is 0 Å². The second kappa shape index (κ2) is 10.2. The van der Waals surface area contributed by atoms with Gasteiger partial charge in [-0.3, -0.25) is 9.59 Å². The summed E-state index contributed by atoms with van der Waals surface area (Å²) in [6.07, 6.45) is 5.87. The average Bonchev–Trinajstić information content (AvgIpc) is 2.71. The summed E-state index contributed by atoms with van der Waals surface area (Å²) in [6.45, 7) is 3.93. The number of hydrogen-bond acceptors (Lipinski definition) is 5. The van der Waals surface area contributed by atoms with Gasteiger partial charge in [-0.2, -0.15) is 0 Å². The number of nitrogens with zero attached hydrogens (tertiary/aromatic N) is 1. The minimum absolute atomic E-state index is 0.0531. The number of carbonyl (C=O) groups excluding carboxylic acids is 2. The molecule has 7 nitrogen and oxygen atoms in total. The third-order valence-electron chi connectivity index (χ3n) is 5.31. The molecule has 168 valence electrons. The van der Waals surface area contributed by atoms with Crippen molar-refractivity contribution in [2.75, 3.05) is 17.3 Å². The summed E-state index contributed by atoms with van der Waals surface area (Å²) >= 11 is 0. The molecule has 3 rings (SSSR count). The van der Waals surface area contributed by atoms with E-state index in [9.17, 15) is 19.8 Å². The van der Waals surface area contributed by atoms with Crippen molar-refractivity contribution in [1.82, 2.24) is 5.32 Å². The Hall–Kier alpha value is -3.58. The summed E-state index contributed by atoms with van der Waals surface area (Å²) in [7, 11) is 1.86. The van der Waals surface area contributed by atoms with E-state index in [1.54, 1.807) is 42.5 Å². The Morgan fingerprint density at radius 2 is 1.91 bits per heavy atom. The first kappa shape index (κ1) is 23.1. The Bertz CT molecular complexity index is 1030. The molecule has 1 aliphatic heterocycles. The first-order chi connectivity index (χ1) is 15.2. The van der Waals surface area contributed by atoms with E-state index in [-0.39, 0.29) is 29.9 Å². The van der Waals surface area contributed by atoms with E-state index in [0.29, 0.717) is 5.69 Å². The van der Waals surface area contributed by atoms with Gasteiger partial charge in [0.1, 0.15) is 18.0 Å². The van der Waals surface area contributed by atoms with E-state index in [1.165, 1.54) is 6.08 Å². The molecule has 1 heterocycles. The van der Waals surface area contributed by atoms with Crippen LogP contribution < -0.4 is 15.5 Å². The van der Waals surface area contributed by atoms with Crippen molar-refractivity contribution in [3.05, 3.63) is 71.8 Å². The molecule has 2 unspecified atom stereocenters. The highest BCUT2D eigenvalue weighted by atomic mass is 16.3. The van der Waals surface area contributed by atoms with Gasteiger partial charge in [-0.25, -0.2) is 0 Å². The van der Waals surface area contributed by atoms with E-state index >= 15 is 0 Å². The van der Waals surface area contributed by atoms with E-state index in [4.69, 9.17) is 0 Å². The molecular weight excluding hydrogens is 406 g/mol. The van der Waals surface area contributed by atoms with Gasteiger partial charge in [-0.05, 0) is 47.4 Å². The van der Waals surface area contributed by atoms with Gasteiger partial charge >= 0.3 is 0 Å². The van der Waals surface area contributed by atoms with E-state index in [1.807, 2.05) is 44.0 Å². The van der Waals surface area contributed by atoms with Crippen LogP contribution in [0.1, 0.15) is 25.0 Å². The number of allylic oxidation sites excluding steroid dienone is 2. The minimum atomic E-state index is -0.993. The van der Waals surface area contributed by atoms with Crippen LogP contribution in [0.4, 0.5) is 11.4 Å². The summed E-state index contributed by atoms with van der Waals surface area (Å²) in [5, 5.41) is 25.0. The zero-order valence-electron chi connectivity index (χ0n) is 18.4. The number of phenolic OH excluding ortho intramolecular Hbond substituents is 1. The molecule has 0 aliphatic carbocycles. The smallest absolute Gasteiger partial charge is 0.248 e. The molecule has 2 aromatic rings. The molecule has 0 aromatic heterocycles. The number of aliphatic hydroxyl groups excluding tert-OH is 1. The molecule has 0 saturated heterocycles. The minimum Gasteiger partial charge on any atom is -0.508 e. The number of amides is 2. The summed E-state index contributed by atoms with van der Waals surface area (Å²) < 4.78 is 0. The van der Waals surface area contributed by atoms with Crippen LogP contribution in [-0.2, 0) is 16.0 Å². The molecule has 0 bridgehead atoms. The average molecular weight is 436 g/mol. The monoisotopic (exact) mass is 435 g/mol. The van der Waals surface area contributed by atoms with Gasteiger partial charge in [0, 0.05) is 30.9 Å². The van der Waals surface area contributed by atoms with Gasteiger partial charge in [0.15, 0.2) is 0 Å². The zero-order valence-corrected chi connectivity index (χ0v) is 18.4. The number of likely N-dealkylation sites (N-methyl/N-ethyl adjacent to an activating group) is 1. The van der Waals surface area contributed by atoms with Gasteiger partial charge in [-0.1, -0.05) is 44.2 Å². The molecule has 2 aromatic carbocycles. The molecule has 2 amide bonds. The summed E-state index contributed by atoms with van der Waals surface area (Å²) in [6, 6.07) is 11.8. The molecule has 2 atom stereocenters. The lowest BCUT2D eigenvalue weighted by Gasteiger charge is -2.36. The number of nitrogens with one attached hydrogen (secondary N) is 2. The Labute approximate surface area is 188 Å². The highest BCUT2D eigenvalue weighted by molar-refractivity contribution is 5.99. The van der Waals surface area contributed by atoms with Crippen LogP contribution in [0.15, 0.2) is 60.7 Å². The maximum atomic E-state index is 12.5. The fraction of sp³-hybridized carbons (Fsp3) is 0.280. The van der Waals surface area contributed by atoms with Crippen molar-refractivity contribution >= 4 is 29.3 Å². The number of phenols is 1. The molecule has 0 fully saturated rings. The fourth-order valence-electron chi connectivity index (χ4n) is 3.83. The summed E-state index contributed by atoms with van der Waals surface area (Å²) in [5.74, 6) is -0.233. The third kappa shape index (κ3) is 5.76. The normalized spacial score (nSPS) is 19.0. The van der Waals surface area contributed by atoms with Crippen LogP contribution in [0, 0.1) is 5.92 Å². The number of aliphatic hydroxyl groups is 1. The van der Waals surface area contributed by atoms with Gasteiger partial charge < -0.3 is 25.7 Å². The first-order valence-corrected chi connectivity index (χ1v) is 10.5. The Morgan fingerprint density at radius 1 is 1.19 bits per heavy atom. The third-order valence-corrected chi connectivity index (χ3v) is 5.31. The van der Waals surface area contributed by atoms with Crippen molar-refractivity contribution in [1.29, 1.82) is 0 Å². The fourth-order valence-corrected chi connectivity index (χ4v) is 3.83. The summed E-state index contributed by atoms with van der Waals surface area (Å²) in [5.41, 5.74) is 3.20. The van der Waals surface area contributed by atoms with Gasteiger partial charge in [0.05, 0.1) is 0 Å². The van der Waals surface area contributed by atoms with Crippen molar-refractivity contribution in [3.8, 4) is 5.75 Å². The lowest BCUT2D eigenvalue weighted by atomic mass is 9.97. The highest BCUT2D eigenvalue weighted by Crippen LogP contribution is 2.29. The van der Waals surface area contributed by atoms with E-state index < -0.39 is 12.3 Å². The second-order valence-electron chi connectivity index (χ2n) is 8.17. The molecule has 0 spiro atoms. The maximum absolute atomic E-state index is 12.5. The van der Waals surface area contributed by atoms with Crippen molar-refractivity contribution in [2.24, 2.45) is 5.92 Å². The zero-order chi connectivity index (χ0) is 23.3. The Kier molecular flexibility index (Phi) is 7.33.